The number of nitrogens with zero attached hydrogens (tertiary/aromatic N) is 3. The highest BCUT2D eigenvalue weighted by atomic mass is 32.2. The van der Waals surface area contributed by atoms with Crippen molar-refractivity contribution in [3.63, 3.8) is 0 Å². The van der Waals surface area contributed by atoms with E-state index in [1.54, 1.807) is 24.3 Å². The zero-order valence-corrected chi connectivity index (χ0v) is 22.1. The molecule has 2 fully saturated rings. The number of carbonyl (C=O) groups excluding carboxylic acids is 1. The van der Waals surface area contributed by atoms with Crippen LogP contribution in [0.15, 0.2) is 58.4 Å². The summed E-state index contributed by atoms with van der Waals surface area (Å²) in [6.45, 7) is 5.41. The van der Waals surface area contributed by atoms with E-state index in [-0.39, 0.29) is 18.3 Å². The summed E-state index contributed by atoms with van der Waals surface area (Å²) in [7, 11) is 0. The first-order chi connectivity index (χ1) is 18.5. The second-order valence-electron chi connectivity index (χ2n) is 9.63. The number of hydrogen-bond acceptors (Lipinski definition) is 9. The molecule has 0 aromatic heterocycles. The van der Waals surface area contributed by atoms with E-state index in [2.05, 4.69) is 44.4 Å². The number of piperidine rings is 1. The number of aliphatic imine (C=N–C) groups is 1. The van der Waals surface area contributed by atoms with Gasteiger partial charge in [-0.15, -0.1) is 0 Å². The number of thioether (sulfide) groups is 1. The molecule has 5 rings (SSSR count). The third kappa shape index (κ3) is 7.08. The van der Waals surface area contributed by atoms with Crippen LogP contribution in [0.2, 0.25) is 0 Å². The van der Waals surface area contributed by atoms with Crippen LogP contribution in [0.25, 0.3) is 6.08 Å². The third-order valence-corrected chi connectivity index (χ3v) is 7.91. The summed E-state index contributed by atoms with van der Waals surface area (Å²) in [5, 5.41) is 23.8. The van der Waals surface area contributed by atoms with Crippen molar-refractivity contribution in [2.75, 3.05) is 57.4 Å². The van der Waals surface area contributed by atoms with Crippen LogP contribution in [0.4, 0.5) is 5.69 Å². The van der Waals surface area contributed by atoms with Gasteiger partial charge in [0.2, 0.25) is 0 Å². The number of ether oxygens (including phenoxy) is 2. The molecule has 0 aliphatic carbocycles. The number of phenolic OH excluding ortho intramolecular Hbond substituents is 1. The number of anilines is 1. The van der Waals surface area contributed by atoms with Gasteiger partial charge < -0.3 is 34.8 Å². The maximum atomic E-state index is 12.4. The number of phenols is 1. The highest BCUT2D eigenvalue weighted by Gasteiger charge is 2.27. The summed E-state index contributed by atoms with van der Waals surface area (Å²) in [4.78, 5) is 21.8. The first-order valence-corrected chi connectivity index (χ1v) is 13.9. The van der Waals surface area contributed by atoms with E-state index in [4.69, 9.17) is 9.47 Å². The Balaban J connectivity index is 1.04. The predicted octanol–water partition coefficient (Wildman–Crippen LogP) is 2.69. The van der Waals surface area contributed by atoms with Gasteiger partial charge in [-0.1, -0.05) is 12.1 Å². The van der Waals surface area contributed by atoms with Crippen LogP contribution in [-0.2, 0) is 9.53 Å². The number of benzene rings is 2. The molecule has 3 N–H and O–H groups in total. The maximum Gasteiger partial charge on any atom is 0.286 e. The summed E-state index contributed by atoms with van der Waals surface area (Å²) in [5.41, 5.74) is 2.16. The molecule has 3 heterocycles. The highest BCUT2D eigenvalue weighted by molar-refractivity contribution is 8.18. The molecule has 1 atom stereocenters. The molecule has 10 heteroatoms. The Kier molecular flexibility index (Phi) is 8.85. The van der Waals surface area contributed by atoms with Crippen LogP contribution >= 0.6 is 11.8 Å². The van der Waals surface area contributed by atoms with Crippen molar-refractivity contribution >= 4 is 34.6 Å². The Morgan fingerprint density at radius 1 is 1.05 bits per heavy atom. The number of hydrogen-bond donors (Lipinski definition) is 3. The van der Waals surface area contributed by atoms with E-state index in [9.17, 15) is 15.0 Å². The van der Waals surface area contributed by atoms with E-state index >= 15 is 0 Å². The molecule has 2 aromatic rings. The Labute approximate surface area is 227 Å². The molecule has 202 valence electrons. The van der Waals surface area contributed by atoms with Gasteiger partial charge in [0.05, 0.1) is 18.1 Å². The van der Waals surface area contributed by atoms with E-state index in [0.717, 1.165) is 49.8 Å². The van der Waals surface area contributed by atoms with Crippen molar-refractivity contribution in [2.45, 2.75) is 25.0 Å². The molecule has 2 saturated heterocycles. The fourth-order valence-electron chi connectivity index (χ4n) is 4.66. The summed E-state index contributed by atoms with van der Waals surface area (Å²) in [5.74, 6) is 0.636. The SMILES string of the molecule is O=C1N=C(N2CCOCC2)S/C1=C/c1ccc(N2CCC(NC[C@H](O)COc3ccc(O)cc3)CC2)cc1. The fourth-order valence-corrected chi connectivity index (χ4v) is 5.62. The number of aliphatic hydroxyl groups is 1. The van der Waals surface area contributed by atoms with E-state index in [1.165, 1.54) is 17.4 Å². The zero-order valence-electron chi connectivity index (χ0n) is 21.3. The second-order valence-corrected chi connectivity index (χ2v) is 10.6. The zero-order chi connectivity index (χ0) is 26.3. The number of aromatic hydroxyl groups is 1. The number of amides is 1. The summed E-state index contributed by atoms with van der Waals surface area (Å²) in [6, 6.07) is 15.2. The maximum absolute atomic E-state index is 12.4. The van der Waals surface area contributed by atoms with Gasteiger partial charge in [-0.2, -0.15) is 4.99 Å². The van der Waals surface area contributed by atoms with Crippen molar-refractivity contribution in [1.29, 1.82) is 0 Å². The minimum absolute atomic E-state index is 0.174. The number of nitrogens with one attached hydrogen (secondary N) is 1. The van der Waals surface area contributed by atoms with Crippen LogP contribution in [-0.4, -0.2) is 90.9 Å². The Hall–Kier alpha value is -3.05. The van der Waals surface area contributed by atoms with Gasteiger partial charge in [-0.3, -0.25) is 4.79 Å². The molecule has 0 spiro atoms. The Morgan fingerprint density at radius 3 is 2.47 bits per heavy atom. The lowest BCUT2D eigenvalue weighted by Crippen LogP contribution is -2.45. The Morgan fingerprint density at radius 2 is 1.76 bits per heavy atom. The highest BCUT2D eigenvalue weighted by Crippen LogP contribution is 2.31. The normalized spacial score (nSPS) is 20.6. The van der Waals surface area contributed by atoms with Crippen LogP contribution in [0.1, 0.15) is 18.4 Å². The molecule has 0 unspecified atom stereocenters. The molecule has 2 aromatic carbocycles. The molecule has 0 bridgehead atoms. The van der Waals surface area contributed by atoms with Crippen molar-refractivity contribution in [3.8, 4) is 11.5 Å². The molecule has 0 radical (unpaired) electrons. The molecule has 9 nitrogen and oxygen atoms in total. The molecular weight excluding hydrogens is 504 g/mol. The van der Waals surface area contributed by atoms with Gasteiger partial charge >= 0.3 is 0 Å². The van der Waals surface area contributed by atoms with Crippen molar-refractivity contribution in [1.82, 2.24) is 10.2 Å². The monoisotopic (exact) mass is 538 g/mol. The lowest BCUT2D eigenvalue weighted by atomic mass is 10.0. The smallest absolute Gasteiger partial charge is 0.286 e. The number of carbonyl (C=O) groups is 1. The number of amidine groups is 1. The molecule has 1 amide bonds. The van der Waals surface area contributed by atoms with Crippen LogP contribution < -0.4 is 15.0 Å². The van der Waals surface area contributed by atoms with Gasteiger partial charge in [-0.05, 0) is 72.6 Å². The molecule has 38 heavy (non-hydrogen) atoms. The number of rotatable bonds is 8. The minimum atomic E-state index is -0.608. The topological polar surface area (TPSA) is 107 Å². The second kappa shape index (κ2) is 12.7. The van der Waals surface area contributed by atoms with Crippen molar-refractivity contribution in [3.05, 3.63) is 59.0 Å². The van der Waals surface area contributed by atoms with Gasteiger partial charge in [0.15, 0.2) is 5.17 Å². The van der Waals surface area contributed by atoms with Crippen LogP contribution in [0, 0.1) is 0 Å². The summed E-state index contributed by atoms with van der Waals surface area (Å²) >= 11 is 1.44. The van der Waals surface area contributed by atoms with Gasteiger partial charge in [0.1, 0.15) is 24.2 Å². The summed E-state index contributed by atoms with van der Waals surface area (Å²) < 4.78 is 11.0. The fraction of sp³-hybridized carbons (Fsp3) is 0.429. The first-order valence-electron chi connectivity index (χ1n) is 13.1. The standard InChI is InChI=1S/C28H34N4O5S/c33-23-5-7-25(8-6-23)37-19-24(34)18-29-21-9-11-31(12-10-21)22-3-1-20(2-4-22)17-26-27(35)30-28(38-26)32-13-15-36-16-14-32/h1-8,17,21,24,29,33-34H,9-16,18-19H2/b26-17+/t24-/m0/s1. The Bertz CT molecular complexity index is 1140. The molecule has 3 aliphatic rings. The summed E-state index contributed by atoms with van der Waals surface area (Å²) in [6.07, 6.45) is 3.29. The first kappa shape index (κ1) is 26.6. The molecule has 3 aliphatic heterocycles. The lowest BCUT2D eigenvalue weighted by molar-refractivity contribution is -0.113. The van der Waals surface area contributed by atoms with Gasteiger partial charge in [0, 0.05) is 44.5 Å². The molecule has 0 saturated carbocycles. The molecular formula is C28H34N4O5S. The predicted molar refractivity (Wildman–Crippen MR) is 150 cm³/mol. The van der Waals surface area contributed by atoms with Crippen LogP contribution in [0.3, 0.4) is 0 Å². The van der Waals surface area contributed by atoms with E-state index < -0.39 is 6.10 Å². The average molecular weight is 539 g/mol. The average Bonchev–Trinajstić information content (AvgIpc) is 3.32. The minimum Gasteiger partial charge on any atom is -0.508 e. The number of morpholine rings is 1. The third-order valence-electron chi connectivity index (χ3n) is 6.86. The van der Waals surface area contributed by atoms with Gasteiger partial charge in [0.25, 0.3) is 5.91 Å². The van der Waals surface area contributed by atoms with Gasteiger partial charge in [-0.25, -0.2) is 0 Å². The van der Waals surface area contributed by atoms with E-state index in [0.29, 0.717) is 36.5 Å². The van der Waals surface area contributed by atoms with Crippen molar-refractivity contribution < 1.29 is 24.5 Å². The lowest BCUT2D eigenvalue weighted by Gasteiger charge is -2.34. The van der Waals surface area contributed by atoms with E-state index in [1.807, 2.05) is 6.08 Å². The van der Waals surface area contributed by atoms with Crippen molar-refractivity contribution in [2.24, 2.45) is 4.99 Å². The van der Waals surface area contributed by atoms with Crippen LogP contribution in [0.5, 0.6) is 11.5 Å². The quantitative estimate of drug-likeness (QED) is 0.438. The number of aliphatic hydroxyl groups excluding tert-OH is 1. The largest absolute Gasteiger partial charge is 0.508 e.